The summed E-state index contributed by atoms with van der Waals surface area (Å²) in [6, 6.07) is 7.72. The van der Waals surface area contributed by atoms with Crippen LogP contribution in [0.2, 0.25) is 0 Å². The first-order valence-electron chi connectivity index (χ1n) is 6.15. The fourth-order valence-electron chi connectivity index (χ4n) is 1.80. The third-order valence-corrected chi connectivity index (χ3v) is 5.13. The van der Waals surface area contributed by atoms with Gasteiger partial charge in [-0.05, 0) is 25.3 Å². The van der Waals surface area contributed by atoms with Crippen LogP contribution in [0.1, 0.15) is 24.0 Å². The predicted octanol–water partition coefficient (Wildman–Crippen LogP) is 1.96. The van der Waals surface area contributed by atoms with Gasteiger partial charge in [-0.25, -0.2) is 0 Å². The number of hydrogen-bond donors (Lipinski definition) is 3. The van der Waals surface area contributed by atoms with Crippen LogP contribution in [-0.2, 0) is 15.8 Å². The van der Waals surface area contributed by atoms with E-state index in [1.54, 1.807) is 0 Å². The highest BCUT2D eigenvalue weighted by Crippen LogP contribution is 2.45. The van der Waals surface area contributed by atoms with Crippen molar-refractivity contribution in [1.29, 1.82) is 0 Å². The van der Waals surface area contributed by atoms with Crippen molar-refractivity contribution in [1.82, 2.24) is 0 Å². The van der Waals surface area contributed by atoms with Crippen LogP contribution in [0.4, 0.5) is 0 Å². The Morgan fingerprint density at radius 2 is 2.16 bits per heavy atom. The minimum Gasteiger partial charge on any atom is -0.481 e. The van der Waals surface area contributed by atoms with Crippen molar-refractivity contribution in [2.24, 2.45) is 5.73 Å². The molecule has 0 radical (unpaired) electrons. The summed E-state index contributed by atoms with van der Waals surface area (Å²) in [5.74, 6) is -1.97. The third-order valence-electron chi connectivity index (χ3n) is 2.98. The molecule has 0 aliphatic heterocycles. The number of benzene rings is 1. The molecule has 19 heavy (non-hydrogen) atoms. The highest BCUT2D eigenvalue weighted by molar-refractivity contribution is 7.58. The molecule has 0 saturated heterocycles. The van der Waals surface area contributed by atoms with Gasteiger partial charge in [-0.1, -0.05) is 29.8 Å². The maximum atomic E-state index is 12.0. The van der Waals surface area contributed by atoms with Gasteiger partial charge in [0.2, 0.25) is 7.37 Å². The molecule has 6 heteroatoms. The smallest absolute Gasteiger partial charge is 0.303 e. The van der Waals surface area contributed by atoms with Gasteiger partial charge in [0.15, 0.2) is 0 Å². The minimum atomic E-state index is -3.51. The molecule has 2 atom stereocenters. The number of carboxylic acids is 1. The topological polar surface area (TPSA) is 101 Å². The van der Waals surface area contributed by atoms with Crippen molar-refractivity contribution >= 4 is 13.3 Å². The Bertz CT molecular complexity index is 489. The quantitative estimate of drug-likeness (QED) is 0.665. The lowest BCUT2D eigenvalue weighted by atomic mass is 10.1. The molecule has 0 saturated carbocycles. The third kappa shape index (κ3) is 5.55. The Morgan fingerprint density at radius 3 is 2.74 bits per heavy atom. The number of carboxylic acid groups (broad SMARTS) is 1. The lowest BCUT2D eigenvalue weighted by Gasteiger charge is -2.18. The average molecular weight is 285 g/mol. The zero-order valence-corrected chi connectivity index (χ0v) is 11.8. The van der Waals surface area contributed by atoms with Gasteiger partial charge in [-0.3, -0.25) is 9.36 Å². The highest BCUT2D eigenvalue weighted by atomic mass is 31.2. The van der Waals surface area contributed by atoms with Crippen molar-refractivity contribution in [2.75, 3.05) is 6.16 Å². The van der Waals surface area contributed by atoms with Crippen molar-refractivity contribution in [3.05, 3.63) is 35.4 Å². The van der Waals surface area contributed by atoms with E-state index < -0.39 is 19.1 Å². The number of aliphatic carboxylic acids is 1. The molecule has 1 rings (SSSR count). The molecular formula is C13H20NO4P. The van der Waals surface area contributed by atoms with Gasteiger partial charge >= 0.3 is 5.97 Å². The minimum absolute atomic E-state index is 0.0247. The predicted molar refractivity (Wildman–Crippen MR) is 74.4 cm³/mol. The lowest BCUT2D eigenvalue weighted by Crippen LogP contribution is -2.23. The van der Waals surface area contributed by atoms with Gasteiger partial charge < -0.3 is 15.7 Å². The van der Waals surface area contributed by atoms with Gasteiger partial charge in [0.1, 0.15) is 0 Å². The molecule has 0 aliphatic rings. The zero-order chi connectivity index (χ0) is 14.5. The second-order valence-electron chi connectivity index (χ2n) is 4.72. The number of nitrogens with two attached hydrogens (primary N) is 1. The van der Waals surface area contributed by atoms with E-state index in [1.807, 2.05) is 31.2 Å². The summed E-state index contributed by atoms with van der Waals surface area (Å²) >= 11 is 0. The summed E-state index contributed by atoms with van der Waals surface area (Å²) in [4.78, 5) is 20.3. The molecule has 0 aromatic heterocycles. The molecular weight excluding hydrogens is 265 g/mol. The zero-order valence-electron chi connectivity index (χ0n) is 11.0. The van der Waals surface area contributed by atoms with Crippen molar-refractivity contribution < 1.29 is 19.4 Å². The standard InChI is InChI=1S/C13H20NO4P/c1-10-3-2-4-11(9-10)7-8-19(17,18)12(14)5-6-13(15)16/h2-4,9,12H,5-8,14H2,1H3,(H,15,16)(H,17,18). The average Bonchev–Trinajstić information content (AvgIpc) is 2.33. The first-order valence-corrected chi connectivity index (χ1v) is 8.07. The van der Waals surface area contributed by atoms with E-state index in [9.17, 15) is 14.3 Å². The normalized spacial score (nSPS) is 15.7. The molecule has 0 spiro atoms. The molecule has 106 valence electrons. The summed E-state index contributed by atoms with van der Waals surface area (Å²) < 4.78 is 12.0. The Balaban J connectivity index is 2.54. The van der Waals surface area contributed by atoms with E-state index in [0.29, 0.717) is 6.42 Å². The summed E-state index contributed by atoms with van der Waals surface area (Å²) in [6.45, 7) is 1.96. The molecule has 0 amide bonds. The van der Waals surface area contributed by atoms with E-state index in [0.717, 1.165) is 11.1 Å². The second-order valence-corrected chi connectivity index (χ2v) is 7.34. The maximum Gasteiger partial charge on any atom is 0.303 e. The van der Waals surface area contributed by atoms with Crippen LogP contribution in [0.15, 0.2) is 24.3 Å². The van der Waals surface area contributed by atoms with Crippen molar-refractivity contribution in [3.63, 3.8) is 0 Å². The monoisotopic (exact) mass is 285 g/mol. The molecule has 1 aromatic carbocycles. The van der Waals surface area contributed by atoms with Gasteiger partial charge in [0, 0.05) is 12.6 Å². The Morgan fingerprint density at radius 1 is 1.47 bits per heavy atom. The first kappa shape index (κ1) is 15.9. The van der Waals surface area contributed by atoms with Crippen LogP contribution >= 0.6 is 7.37 Å². The fraction of sp³-hybridized carbons (Fsp3) is 0.462. The maximum absolute atomic E-state index is 12.0. The van der Waals surface area contributed by atoms with Crippen LogP contribution in [0.25, 0.3) is 0 Å². The van der Waals surface area contributed by atoms with Crippen LogP contribution < -0.4 is 5.73 Å². The van der Waals surface area contributed by atoms with Crippen molar-refractivity contribution in [2.45, 2.75) is 32.0 Å². The van der Waals surface area contributed by atoms with Gasteiger partial charge in [-0.15, -0.1) is 0 Å². The van der Waals surface area contributed by atoms with E-state index in [2.05, 4.69) is 0 Å². The molecule has 0 aliphatic carbocycles. The summed E-state index contributed by atoms with van der Waals surface area (Å²) in [5.41, 5.74) is 7.70. The molecule has 2 unspecified atom stereocenters. The Hall–Kier alpha value is -1.16. The number of aryl methyl sites for hydroxylation is 2. The van der Waals surface area contributed by atoms with Gasteiger partial charge in [0.25, 0.3) is 0 Å². The molecule has 5 nitrogen and oxygen atoms in total. The van der Waals surface area contributed by atoms with E-state index in [-0.39, 0.29) is 19.0 Å². The van der Waals surface area contributed by atoms with Crippen LogP contribution in [0, 0.1) is 6.92 Å². The second kappa shape index (κ2) is 6.85. The highest BCUT2D eigenvalue weighted by Gasteiger charge is 2.27. The van der Waals surface area contributed by atoms with Gasteiger partial charge in [-0.2, -0.15) is 0 Å². The number of rotatable bonds is 7. The van der Waals surface area contributed by atoms with E-state index in [1.165, 1.54) is 0 Å². The SMILES string of the molecule is Cc1cccc(CCP(=O)(O)C(N)CCC(=O)O)c1. The van der Waals surface area contributed by atoms with Crippen LogP contribution in [-0.4, -0.2) is 27.9 Å². The molecule has 0 bridgehead atoms. The Kier molecular flexibility index (Phi) is 5.73. The summed E-state index contributed by atoms with van der Waals surface area (Å²) in [5, 5.41) is 8.54. The van der Waals surface area contributed by atoms with Crippen LogP contribution in [0.3, 0.4) is 0 Å². The Labute approximate surface area is 112 Å². The summed E-state index contributed by atoms with van der Waals surface area (Å²) in [7, 11) is -3.51. The molecule has 1 aromatic rings. The molecule has 0 heterocycles. The largest absolute Gasteiger partial charge is 0.481 e. The lowest BCUT2D eigenvalue weighted by molar-refractivity contribution is -0.137. The first-order chi connectivity index (χ1) is 8.81. The van der Waals surface area contributed by atoms with E-state index in [4.69, 9.17) is 10.8 Å². The summed E-state index contributed by atoms with van der Waals surface area (Å²) in [6.07, 6.45) is 0.389. The molecule has 0 fully saturated rings. The van der Waals surface area contributed by atoms with Crippen molar-refractivity contribution in [3.8, 4) is 0 Å². The van der Waals surface area contributed by atoms with Gasteiger partial charge in [0.05, 0.1) is 5.78 Å². The fourth-order valence-corrected chi connectivity index (χ4v) is 3.24. The molecule has 4 N–H and O–H groups in total. The number of hydrogen-bond acceptors (Lipinski definition) is 3. The van der Waals surface area contributed by atoms with E-state index >= 15 is 0 Å². The van der Waals surface area contributed by atoms with Crippen LogP contribution in [0.5, 0.6) is 0 Å². The number of carbonyl (C=O) groups is 1.